The highest BCUT2D eigenvalue weighted by atomic mass is 16.7. The molecule has 2 amide bonds. The fraction of sp³-hybridized carbons (Fsp3) is 0.800. The smallest absolute Gasteiger partial charge is 0.364 e. The fourth-order valence-electron chi connectivity index (χ4n) is 2.91. The molecular formula is C15H25NO10. The molecule has 0 aliphatic carbocycles. The zero-order chi connectivity index (χ0) is 20.2. The number of hydrogen-bond acceptors (Lipinski definition) is 9. The summed E-state index contributed by atoms with van der Waals surface area (Å²) >= 11 is 0. The largest absolute Gasteiger partial charge is 0.477 e. The van der Waals surface area contributed by atoms with Gasteiger partial charge in [-0.15, -0.1) is 0 Å². The molecule has 1 aliphatic rings. The molecule has 0 saturated carbocycles. The van der Waals surface area contributed by atoms with Crippen LogP contribution in [0.4, 0.5) is 0 Å². The topological polar surface area (TPSA) is 185 Å². The van der Waals surface area contributed by atoms with Crippen molar-refractivity contribution in [3.05, 3.63) is 0 Å². The van der Waals surface area contributed by atoms with E-state index in [9.17, 15) is 34.8 Å². The summed E-state index contributed by atoms with van der Waals surface area (Å²) < 4.78 is 4.99. The quantitative estimate of drug-likeness (QED) is 0.269. The second-order valence-corrected chi connectivity index (χ2v) is 6.21. The van der Waals surface area contributed by atoms with Gasteiger partial charge in [0.25, 0.3) is 5.79 Å². The minimum absolute atomic E-state index is 0.0721. The summed E-state index contributed by atoms with van der Waals surface area (Å²) in [4.78, 5) is 36.1. The molecule has 0 bridgehead atoms. The Hall–Kier alpha value is -1.63. The van der Waals surface area contributed by atoms with E-state index in [1.165, 1.54) is 0 Å². The van der Waals surface area contributed by atoms with Gasteiger partial charge in [-0.3, -0.25) is 14.5 Å². The Labute approximate surface area is 149 Å². The monoisotopic (exact) mass is 379 g/mol. The Morgan fingerprint density at radius 3 is 2.31 bits per heavy atom. The Bertz CT molecular complexity index is 541. The fourth-order valence-corrected chi connectivity index (χ4v) is 2.91. The number of carboxylic acid groups (broad SMARTS) is 1. The van der Waals surface area contributed by atoms with Gasteiger partial charge in [-0.2, -0.15) is 0 Å². The number of ether oxygens (including phenoxy) is 1. The minimum Gasteiger partial charge on any atom is -0.477 e. The number of carboxylic acids is 1. The van der Waals surface area contributed by atoms with Crippen molar-refractivity contribution in [1.82, 2.24) is 4.90 Å². The summed E-state index contributed by atoms with van der Waals surface area (Å²) in [5.41, 5.74) is 0. The molecule has 0 spiro atoms. The lowest BCUT2D eigenvalue weighted by Crippen LogP contribution is -2.68. The molecule has 0 aromatic carbocycles. The van der Waals surface area contributed by atoms with E-state index in [2.05, 4.69) is 0 Å². The number of aliphatic carboxylic acids is 1. The van der Waals surface area contributed by atoms with E-state index < -0.39 is 67.1 Å². The van der Waals surface area contributed by atoms with Crippen LogP contribution < -0.4 is 0 Å². The summed E-state index contributed by atoms with van der Waals surface area (Å²) in [5, 5.41) is 58.4. The normalized spacial score (nSPS) is 31.1. The molecule has 1 heterocycles. The molecule has 0 aromatic rings. The highest BCUT2D eigenvalue weighted by molar-refractivity contribution is 5.94. The van der Waals surface area contributed by atoms with Crippen LogP contribution in [-0.4, -0.2) is 96.2 Å². The molecule has 6 N–H and O–H groups in total. The maximum Gasteiger partial charge on any atom is 0.364 e. The van der Waals surface area contributed by atoms with Crippen LogP contribution >= 0.6 is 0 Å². The summed E-state index contributed by atoms with van der Waals surface area (Å²) in [6.45, 7) is 1.76. The standard InChI is InChI=1S/C15H25NO10/c1-3-4-10(21)16(7(2)18)11-8(19)5-15(25,14(23)24)26-13(11)12(22)9(20)6-17/h8-9,11-13,17,19-20,22,25H,3-6H2,1-2H3,(H,23,24)/t8-,9+,11+,12?,13+,15+/m0/s1. The third-order valence-electron chi connectivity index (χ3n) is 4.17. The molecule has 11 heteroatoms. The summed E-state index contributed by atoms with van der Waals surface area (Å²) in [6.07, 6.45) is -8.03. The number of amides is 2. The van der Waals surface area contributed by atoms with Gasteiger partial charge in [0.1, 0.15) is 18.3 Å². The Balaban J connectivity index is 3.36. The third-order valence-corrected chi connectivity index (χ3v) is 4.17. The van der Waals surface area contributed by atoms with E-state index in [1.54, 1.807) is 6.92 Å². The number of imide groups is 1. The van der Waals surface area contributed by atoms with Crippen molar-refractivity contribution in [3.8, 4) is 0 Å². The highest BCUT2D eigenvalue weighted by Crippen LogP contribution is 2.33. The summed E-state index contributed by atoms with van der Waals surface area (Å²) in [6, 6.07) is -1.57. The average Bonchev–Trinajstić information content (AvgIpc) is 2.55. The second kappa shape index (κ2) is 8.84. The molecular weight excluding hydrogens is 354 g/mol. The van der Waals surface area contributed by atoms with Crippen LogP contribution in [0, 0.1) is 0 Å². The summed E-state index contributed by atoms with van der Waals surface area (Å²) in [5.74, 6) is -6.27. The van der Waals surface area contributed by atoms with Crippen LogP contribution in [-0.2, 0) is 19.1 Å². The maximum absolute atomic E-state index is 12.3. The number of aliphatic hydroxyl groups excluding tert-OH is 4. The molecule has 26 heavy (non-hydrogen) atoms. The van der Waals surface area contributed by atoms with E-state index in [4.69, 9.17) is 14.9 Å². The number of hydrogen-bond donors (Lipinski definition) is 6. The van der Waals surface area contributed by atoms with Gasteiger partial charge >= 0.3 is 5.97 Å². The number of aliphatic hydroxyl groups is 5. The van der Waals surface area contributed by atoms with Crippen LogP contribution in [0.3, 0.4) is 0 Å². The number of carbonyl (C=O) groups is 3. The van der Waals surface area contributed by atoms with Gasteiger partial charge in [0.2, 0.25) is 11.8 Å². The molecule has 1 unspecified atom stereocenters. The van der Waals surface area contributed by atoms with Crippen LogP contribution in [0.1, 0.15) is 33.1 Å². The molecule has 6 atom stereocenters. The molecule has 1 aliphatic heterocycles. The van der Waals surface area contributed by atoms with Gasteiger partial charge in [0.15, 0.2) is 0 Å². The first-order valence-corrected chi connectivity index (χ1v) is 8.11. The van der Waals surface area contributed by atoms with Crippen molar-refractivity contribution in [2.24, 2.45) is 0 Å². The average molecular weight is 379 g/mol. The van der Waals surface area contributed by atoms with Crippen molar-refractivity contribution in [2.45, 2.75) is 69.4 Å². The Kier molecular flexibility index (Phi) is 7.62. The van der Waals surface area contributed by atoms with Crippen LogP contribution in [0.15, 0.2) is 0 Å². The lowest BCUT2D eigenvalue weighted by molar-refractivity contribution is -0.302. The first-order chi connectivity index (χ1) is 12.0. The van der Waals surface area contributed by atoms with Crippen molar-refractivity contribution in [3.63, 3.8) is 0 Å². The van der Waals surface area contributed by atoms with Gasteiger partial charge in [0.05, 0.1) is 18.8 Å². The Morgan fingerprint density at radius 2 is 1.88 bits per heavy atom. The van der Waals surface area contributed by atoms with Gasteiger partial charge < -0.3 is 35.4 Å². The van der Waals surface area contributed by atoms with E-state index in [1.807, 2.05) is 0 Å². The number of nitrogens with zero attached hydrogens (tertiary/aromatic N) is 1. The molecule has 0 radical (unpaired) electrons. The predicted molar refractivity (Wildman–Crippen MR) is 83.4 cm³/mol. The summed E-state index contributed by atoms with van der Waals surface area (Å²) in [7, 11) is 0. The van der Waals surface area contributed by atoms with E-state index in [0.29, 0.717) is 11.3 Å². The predicted octanol–water partition coefficient (Wildman–Crippen LogP) is -2.83. The lowest BCUT2D eigenvalue weighted by atomic mass is 9.87. The van der Waals surface area contributed by atoms with Crippen LogP contribution in [0.5, 0.6) is 0 Å². The van der Waals surface area contributed by atoms with Gasteiger partial charge in [-0.25, -0.2) is 4.79 Å². The van der Waals surface area contributed by atoms with Gasteiger partial charge in [0, 0.05) is 19.8 Å². The molecule has 1 rings (SSSR count). The first kappa shape index (κ1) is 22.4. The van der Waals surface area contributed by atoms with E-state index in [-0.39, 0.29) is 6.42 Å². The maximum atomic E-state index is 12.3. The van der Waals surface area contributed by atoms with E-state index in [0.717, 1.165) is 6.92 Å². The van der Waals surface area contributed by atoms with Crippen LogP contribution in [0.2, 0.25) is 0 Å². The highest BCUT2D eigenvalue weighted by Gasteiger charge is 2.56. The number of rotatable bonds is 7. The van der Waals surface area contributed by atoms with Crippen molar-refractivity contribution < 1.29 is 49.8 Å². The molecule has 0 aromatic heterocycles. The van der Waals surface area contributed by atoms with Crippen molar-refractivity contribution >= 4 is 17.8 Å². The molecule has 150 valence electrons. The Morgan fingerprint density at radius 1 is 1.31 bits per heavy atom. The SMILES string of the molecule is CCCC(=O)N(C(C)=O)[C@@H]1[C@@H](O)C[C@](O)(C(=O)O)O[C@H]1C(O)[C@H](O)CO. The van der Waals surface area contributed by atoms with E-state index >= 15 is 0 Å². The lowest BCUT2D eigenvalue weighted by Gasteiger charge is -2.47. The molecule has 11 nitrogen and oxygen atoms in total. The molecule has 1 saturated heterocycles. The van der Waals surface area contributed by atoms with Crippen molar-refractivity contribution in [2.75, 3.05) is 6.61 Å². The first-order valence-electron chi connectivity index (χ1n) is 8.11. The van der Waals surface area contributed by atoms with Gasteiger partial charge in [-0.1, -0.05) is 6.92 Å². The number of carbonyl (C=O) groups excluding carboxylic acids is 2. The second-order valence-electron chi connectivity index (χ2n) is 6.21. The van der Waals surface area contributed by atoms with Crippen molar-refractivity contribution in [1.29, 1.82) is 0 Å². The minimum atomic E-state index is -2.91. The molecule has 1 fully saturated rings. The van der Waals surface area contributed by atoms with Crippen LogP contribution in [0.25, 0.3) is 0 Å². The zero-order valence-electron chi connectivity index (χ0n) is 14.5. The zero-order valence-corrected chi connectivity index (χ0v) is 14.5. The van der Waals surface area contributed by atoms with Gasteiger partial charge in [-0.05, 0) is 6.42 Å². The third kappa shape index (κ3) is 4.55.